The van der Waals surface area contributed by atoms with E-state index < -0.39 is 34.9 Å². The molecule has 166 valence electrons. The van der Waals surface area contributed by atoms with Crippen molar-refractivity contribution in [2.75, 3.05) is 11.9 Å². The van der Waals surface area contributed by atoms with Crippen LogP contribution in [-0.4, -0.2) is 51.6 Å². The van der Waals surface area contributed by atoms with Crippen molar-refractivity contribution in [3.63, 3.8) is 0 Å². The van der Waals surface area contributed by atoms with Crippen molar-refractivity contribution in [1.82, 2.24) is 4.98 Å². The molecule has 2 N–H and O–H groups in total. The van der Waals surface area contributed by atoms with Crippen molar-refractivity contribution < 1.29 is 33.8 Å². The van der Waals surface area contributed by atoms with Gasteiger partial charge in [0.25, 0.3) is 0 Å². The Morgan fingerprint density at radius 3 is 2.57 bits per heavy atom. The summed E-state index contributed by atoms with van der Waals surface area (Å²) < 4.78 is 10.4. The lowest BCUT2D eigenvalue weighted by Gasteiger charge is -2.36. The fourth-order valence-corrected chi connectivity index (χ4v) is 3.11. The summed E-state index contributed by atoms with van der Waals surface area (Å²) in [5.41, 5.74) is -2.43. The summed E-state index contributed by atoms with van der Waals surface area (Å²) in [4.78, 5) is 45.3. The summed E-state index contributed by atoms with van der Waals surface area (Å²) >= 11 is 1.01. The molecule has 30 heavy (non-hydrogen) atoms. The highest BCUT2D eigenvalue weighted by atomic mass is 32.1. The zero-order valence-electron chi connectivity index (χ0n) is 17.5. The molecule has 1 saturated carbocycles. The number of rotatable bonds is 9. The molecule has 10 nitrogen and oxygen atoms in total. The lowest BCUT2D eigenvalue weighted by atomic mass is 9.80. The molecule has 1 aromatic rings. The number of unbranched alkanes of at least 4 members (excludes halogenated alkanes) is 1. The van der Waals surface area contributed by atoms with Crippen LogP contribution < -0.4 is 5.32 Å². The molecule has 1 aliphatic rings. The van der Waals surface area contributed by atoms with E-state index in [2.05, 4.69) is 15.5 Å². The molecule has 0 aromatic carbocycles. The summed E-state index contributed by atoms with van der Waals surface area (Å²) in [6.45, 7) is 7.41. The normalized spacial score (nSPS) is 15.7. The van der Waals surface area contributed by atoms with Gasteiger partial charge in [0.05, 0.1) is 6.61 Å². The molecule has 0 atom stereocenters. The first kappa shape index (κ1) is 23.6. The largest absolute Gasteiger partial charge is 0.476 e. The maximum absolute atomic E-state index is 12.3. The third-order valence-corrected chi connectivity index (χ3v) is 4.89. The number of aromatic nitrogens is 1. The predicted molar refractivity (Wildman–Crippen MR) is 110 cm³/mol. The van der Waals surface area contributed by atoms with E-state index in [0.717, 1.165) is 30.6 Å². The van der Waals surface area contributed by atoms with E-state index in [9.17, 15) is 19.5 Å². The van der Waals surface area contributed by atoms with Gasteiger partial charge in [-0.3, -0.25) is 5.32 Å². The number of carbonyl (C=O) groups excluding carboxylic acids is 2. The molecule has 11 heteroatoms. The van der Waals surface area contributed by atoms with E-state index >= 15 is 0 Å². The van der Waals surface area contributed by atoms with Crippen molar-refractivity contribution in [1.29, 1.82) is 0 Å². The standard InChI is InChI=1S/C19H27N3O7S/c1-5-6-10-27-15(25)19(8-7-9-19)29-22-13(14(23)24)12-11-30-16(20-12)21-17(26)28-18(2,3)4/h11H,5-10H2,1-4H3,(H,23,24)(H,20,21,26)/b22-13-. The number of carboxylic acid groups (broad SMARTS) is 1. The number of hydrogen-bond acceptors (Lipinski definition) is 9. The Morgan fingerprint density at radius 2 is 2.03 bits per heavy atom. The highest BCUT2D eigenvalue weighted by Gasteiger charge is 2.49. The van der Waals surface area contributed by atoms with Gasteiger partial charge in [-0.15, -0.1) is 11.3 Å². The van der Waals surface area contributed by atoms with Crippen LogP contribution in [-0.2, 0) is 23.9 Å². The highest BCUT2D eigenvalue weighted by Crippen LogP contribution is 2.37. The van der Waals surface area contributed by atoms with E-state index in [1.54, 1.807) is 20.8 Å². The van der Waals surface area contributed by atoms with E-state index in [-0.39, 0.29) is 17.4 Å². The molecule has 2 rings (SSSR count). The van der Waals surface area contributed by atoms with E-state index in [4.69, 9.17) is 14.3 Å². The van der Waals surface area contributed by atoms with Gasteiger partial charge in [0.2, 0.25) is 11.3 Å². The Bertz CT molecular complexity index is 809. The number of nitrogens with one attached hydrogen (secondary N) is 1. The maximum Gasteiger partial charge on any atom is 0.413 e. The number of esters is 1. The lowest BCUT2D eigenvalue weighted by molar-refractivity contribution is -0.185. The number of aliphatic carboxylic acids is 1. The summed E-state index contributed by atoms with van der Waals surface area (Å²) in [5, 5.41) is 17.2. The molecule has 1 aromatic heterocycles. The van der Waals surface area contributed by atoms with Gasteiger partial charge in [-0.2, -0.15) is 0 Å². The molecule has 1 aliphatic carbocycles. The summed E-state index contributed by atoms with van der Waals surface area (Å²) in [5.74, 6) is -1.92. The molecular formula is C19H27N3O7S. The lowest BCUT2D eigenvalue weighted by Crippen LogP contribution is -2.48. The van der Waals surface area contributed by atoms with Gasteiger partial charge in [-0.1, -0.05) is 18.5 Å². The summed E-state index contributed by atoms with van der Waals surface area (Å²) in [6.07, 6.45) is 2.45. The molecule has 0 spiro atoms. The number of oxime groups is 1. The predicted octanol–water partition coefficient (Wildman–Crippen LogP) is 3.56. The minimum atomic E-state index is -1.38. The Labute approximate surface area is 178 Å². The van der Waals surface area contributed by atoms with Crippen LogP contribution in [0.25, 0.3) is 0 Å². The smallest absolute Gasteiger partial charge is 0.413 e. The second-order valence-corrected chi connectivity index (χ2v) is 8.70. The second kappa shape index (κ2) is 9.88. The number of anilines is 1. The Balaban J connectivity index is 2.09. The van der Waals surface area contributed by atoms with Gasteiger partial charge >= 0.3 is 18.0 Å². The minimum absolute atomic E-state index is 0.00705. The van der Waals surface area contributed by atoms with Gasteiger partial charge in [-0.05, 0) is 33.6 Å². The molecule has 0 aliphatic heterocycles. The number of carboxylic acids is 1. The van der Waals surface area contributed by atoms with Crippen LogP contribution in [0, 0.1) is 0 Å². The van der Waals surface area contributed by atoms with Crippen molar-refractivity contribution in [3.05, 3.63) is 11.1 Å². The zero-order chi connectivity index (χ0) is 22.4. The van der Waals surface area contributed by atoms with Crippen molar-refractivity contribution in [2.45, 2.75) is 71.0 Å². The van der Waals surface area contributed by atoms with Gasteiger partial charge in [-0.25, -0.2) is 19.4 Å². The molecule has 1 fully saturated rings. The number of carbonyl (C=O) groups is 3. The number of amides is 1. The molecule has 0 radical (unpaired) electrons. The molecule has 0 bridgehead atoms. The third kappa shape index (κ3) is 6.41. The molecule has 0 unspecified atom stereocenters. The monoisotopic (exact) mass is 441 g/mol. The SMILES string of the molecule is CCCCOC(=O)C1(O/N=C(\C(=O)O)c2csc(NC(=O)OC(C)(C)C)n2)CCC1. The van der Waals surface area contributed by atoms with Crippen LogP contribution >= 0.6 is 11.3 Å². The van der Waals surface area contributed by atoms with Gasteiger partial charge < -0.3 is 19.4 Å². The second-order valence-electron chi connectivity index (χ2n) is 7.84. The van der Waals surface area contributed by atoms with Crippen LogP contribution in [0.15, 0.2) is 10.5 Å². The number of nitrogens with zero attached hydrogens (tertiary/aromatic N) is 2. The molecule has 1 amide bonds. The number of ether oxygens (including phenoxy) is 2. The van der Waals surface area contributed by atoms with Gasteiger partial charge in [0, 0.05) is 18.2 Å². The minimum Gasteiger partial charge on any atom is -0.476 e. The van der Waals surface area contributed by atoms with Crippen molar-refractivity contribution >= 4 is 40.2 Å². The average molecular weight is 442 g/mol. The average Bonchev–Trinajstić information content (AvgIpc) is 3.03. The molecule has 1 heterocycles. The Morgan fingerprint density at radius 1 is 1.33 bits per heavy atom. The van der Waals surface area contributed by atoms with Crippen molar-refractivity contribution in [2.24, 2.45) is 5.16 Å². The van der Waals surface area contributed by atoms with E-state index in [1.165, 1.54) is 5.38 Å². The fraction of sp³-hybridized carbons (Fsp3) is 0.632. The number of hydrogen-bond donors (Lipinski definition) is 2. The third-order valence-electron chi connectivity index (χ3n) is 4.13. The van der Waals surface area contributed by atoms with Gasteiger partial charge in [0.1, 0.15) is 11.3 Å². The molecular weight excluding hydrogens is 414 g/mol. The van der Waals surface area contributed by atoms with Crippen LogP contribution in [0.3, 0.4) is 0 Å². The topological polar surface area (TPSA) is 136 Å². The van der Waals surface area contributed by atoms with Crippen LogP contribution in [0.2, 0.25) is 0 Å². The fourth-order valence-electron chi connectivity index (χ4n) is 2.43. The first-order valence-electron chi connectivity index (χ1n) is 9.69. The maximum atomic E-state index is 12.3. The first-order valence-corrected chi connectivity index (χ1v) is 10.6. The highest BCUT2D eigenvalue weighted by molar-refractivity contribution is 7.14. The Hall–Kier alpha value is -2.69. The Kier molecular flexibility index (Phi) is 7.77. The summed E-state index contributed by atoms with van der Waals surface area (Å²) in [6, 6.07) is 0. The van der Waals surface area contributed by atoms with Crippen LogP contribution in [0.5, 0.6) is 0 Å². The molecule has 0 saturated heterocycles. The van der Waals surface area contributed by atoms with Gasteiger partial charge in [0.15, 0.2) is 5.13 Å². The van der Waals surface area contributed by atoms with Crippen LogP contribution in [0.1, 0.15) is 65.5 Å². The summed E-state index contributed by atoms with van der Waals surface area (Å²) in [7, 11) is 0. The van der Waals surface area contributed by atoms with E-state index in [1.807, 2.05) is 6.92 Å². The zero-order valence-corrected chi connectivity index (χ0v) is 18.3. The van der Waals surface area contributed by atoms with Crippen molar-refractivity contribution in [3.8, 4) is 0 Å². The van der Waals surface area contributed by atoms with E-state index in [0.29, 0.717) is 12.8 Å². The number of thiazole rings is 1. The quantitative estimate of drug-likeness (QED) is 0.257. The van der Waals surface area contributed by atoms with Crippen LogP contribution in [0.4, 0.5) is 9.93 Å². The first-order chi connectivity index (χ1) is 14.1.